The molecule has 0 bridgehead atoms. The molecule has 0 saturated carbocycles. The van der Waals surface area contributed by atoms with E-state index in [1.165, 1.54) is 24.3 Å². The number of carbonyl (C=O) groups is 1. The minimum atomic E-state index is -1.04. The van der Waals surface area contributed by atoms with E-state index < -0.39 is 11.9 Å². The summed E-state index contributed by atoms with van der Waals surface area (Å²) in [5.41, 5.74) is 5.82. The number of nitrogens with zero attached hydrogens (tertiary/aromatic N) is 1. The Bertz CT molecular complexity index is 321. The Morgan fingerprint density at radius 3 is 2.38 bits per heavy atom. The molecule has 0 aromatic heterocycles. The molecular weight excluding hydrogens is 172 g/mol. The van der Waals surface area contributed by atoms with Crippen molar-refractivity contribution in [3.8, 4) is 5.75 Å². The lowest BCUT2D eigenvalue weighted by Crippen LogP contribution is -2.18. The minimum Gasteiger partial charge on any atom is -0.508 e. The van der Waals surface area contributed by atoms with E-state index in [0.29, 0.717) is 5.56 Å². The summed E-state index contributed by atoms with van der Waals surface area (Å²) in [6.07, 6.45) is 0. The van der Waals surface area contributed by atoms with Crippen molar-refractivity contribution in [1.82, 2.24) is 0 Å². The van der Waals surface area contributed by atoms with Crippen molar-refractivity contribution in [2.24, 2.45) is 10.9 Å². The van der Waals surface area contributed by atoms with Gasteiger partial charge in [-0.1, -0.05) is 12.1 Å². The summed E-state index contributed by atoms with van der Waals surface area (Å²) in [7, 11) is 0. The maximum Gasteiger partial charge on any atom is 0.307 e. The van der Waals surface area contributed by atoms with E-state index in [9.17, 15) is 9.70 Å². The van der Waals surface area contributed by atoms with Crippen molar-refractivity contribution < 1.29 is 9.90 Å². The van der Waals surface area contributed by atoms with Gasteiger partial charge < -0.3 is 10.8 Å². The molecule has 0 radical (unpaired) electrons. The number of nitroso groups, excluding NO2 is 1. The Morgan fingerprint density at radius 2 is 1.92 bits per heavy atom. The first kappa shape index (κ1) is 9.34. The summed E-state index contributed by atoms with van der Waals surface area (Å²) in [5, 5.41) is 11.1. The van der Waals surface area contributed by atoms with Crippen LogP contribution in [0, 0.1) is 4.91 Å². The molecule has 0 aliphatic rings. The van der Waals surface area contributed by atoms with Gasteiger partial charge in [0, 0.05) is 5.18 Å². The number of rotatable bonds is 2. The summed E-state index contributed by atoms with van der Waals surface area (Å²) in [6, 6.07) is 4.64. The average Bonchev–Trinajstić information content (AvgIpc) is 2.17. The molecule has 0 aliphatic carbocycles. The third-order valence-corrected chi connectivity index (χ3v) is 1.61. The molecule has 0 unspecified atom stereocenters. The molecule has 5 heteroatoms. The lowest BCUT2D eigenvalue weighted by molar-refractivity contribution is -0.119. The van der Waals surface area contributed by atoms with Crippen LogP contribution in [0.25, 0.3) is 0 Å². The topological polar surface area (TPSA) is 92.8 Å². The minimum absolute atomic E-state index is 0.0717. The summed E-state index contributed by atoms with van der Waals surface area (Å²) in [6.45, 7) is 0. The van der Waals surface area contributed by atoms with Gasteiger partial charge in [0.05, 0.1) is 0 Å². The van der Waals surface area contributed by atoms with Gasteiger partial charge in [0.25, 0.3) is 0 Å². The Kier molecular flexibility index (Phi) is 2.71. The number of hydrogen-bond donors (Lipinski definition) is 2. The molecule has 1 atom stereocenters. The SMILES string of the molecule is N[C@@H](C(=O)N=O)c1ccc(O)cc1. The standard InChI is InChI=1S/C8H8N2O3/c9-7(8(12)10-13)5-1-3-6(11)4-2-5/h1-4,7,11H,9H2/t7-/m1/s1. The molecule has 0 fully saturated rings. The first-order valence-corrected chi connectivity index (χ1v) is 3.57. The second-order valence-electron chi connectivity index (χ2n) is 2.50. The molecule has 0 spiro atoms. The van der Waals surface area contributed by atoms with E-state index in [1.807, 2.05) is 0 Å². The highest BCUT2D eigenvalue weighted by Crippen LogP contribution is 2.15. The van der Waals surface area contributed by atoms with Crippen molar-refractivity contribution in [1.29, 1.82) is 0 Å². The van der Waals surface area contributed by atoms with Crippen molar-refractivity contribution in [3.63, 3.8) is 0 Å². The lowest BCUT2D eigenvalue weighted by Gasteiger charge is -2.05. The van der Waals surface area contributed by atoms with Crippen LogP contribution >= 0.6 is 0 Å². The number of phenolic OH excluding ortho intramolecular Hbond substituents is 1. The van der Waals surface area contributed by atoms with Crippen LogP contribution in [0.2, 0.25) is 0 Å². The highest BCUT2D eigenvalue weighted by molar-refractivity contribution is 5.83. The largest absolute Gasteiger partial charge is 0.508 e. The van der Waals surface area contributed by atoms with Gasteiger partial charge in [-0.05, 0) is 17.7 Å². The molecule has 1 amide bonds. The maximum atomic E-state index is 10.7. The molecular formula is C8H8N2O3. The van der Waals surface area contributed by atoms with Crippen LogP contribution in [0.4, 0.5) is 0 Å². The van der Waals surface area contributed by atoms with Crippen LogP contribution in [-0.2, 0) is 4.79 Å². The Hall–Kier alpha value is -1.75. The molecule has 13 heavy (non-hydrogen) atoms. The number of hydrogen-bond acceptors (Lipinski definition) is 4. The van der Waals surface area contributed by atoms with Crippen molar-refractivity contribution in [2.45, 2.75) is 6.04 Å². The number of aromatic hydroxyl groups is 1. The molecule has 0 saturated heterocycles. The molecule has 0 aliphatic heterocycles. The molecule has 5 nitrogen and oxygen atoms in total. The van der Waals surface area contributed by atoms with E-state index in [0.717, 1.165) is 0 Å². The van der Waals surface area contributed by atoms with Crippen molar-refractivity contribution in [3.05, 3.63) is 34.7 Å². The molecule has 1 rings (SSSR count). The quantitative estimate of drug-likeness (QED) is 0.654. The van der Waals surface area contributed by atoms with Crippen LogP contribution in [-0.4, -0.2) is 11.0 Å². The fraction of sp³-hybridized carbons (Fsp3) is 0.125. The molecule has 3 N–H and O–H groups in total. The Balaban J connectivity index is 2.89. The van der Waals surface area contributed by atoms with Gasteiger partial charge in [-0.25, -0.2) is 0 Å². The lowest BCUT2D eigenvalue weighted by atomic mass is 10.1. The van der Waals surface area contributed by atoms with Gasteiger partial charge in [0.15, 0.2) is 0 Å². The molecule has 1 aromatic carbocycles. The first-order chi connectivity index (χ1) is 6.15. The number of phenols is 1. The summed E-state index contributed by atoms with van der Waals surface area (Å²) >= 11 is 0. The van der Waals surface area contributed by atoms with Crippen LogP contribution in [0.3, 0.4) is 0 Å². The van der Waals surface area contributed by atoms with E-state index >= 15 is 0 Å². The van der Waals surface area contributed by atoms with Crippen molar-refractivity contribution >= 4 is 5.91 Å². The monoisotopic (exact) mass is 180 g/mol. The molecule has 0 heterocycles. The van der Waals surface area contributed by atoms with E-state index in [-0.39, 0.29) is 5.75 Å². The summed E-state index contributed by atoms with van der Waals surface area (Å²) in [5.74, 6) is -0.854. The van der Waals surface area contributed by atoms with Crippen LogP contribution < -0.4 is 5.73 Å². The van der Waals surface area contributed by atoms with E-state index in [1.54, 1.807) is 0 Å². The normalized spacial score (nSPS) is 12.1. The number of nitrogens with two attached hydrogens (primary N) is 1. The van der Waals surface area contributed by atoms with Crippen LogP contribution in [0.5, 0.6) is 5.75 Å². The second-order valence-corrected chi connectivity index (χ2v) is 2.50. The van der Waals surface area contributed by atoms with Crippen LogP contribution in [0.15, 0.2) is 29.4 Å². The third-order valence-electron chi connectivity index (χ3n) is 1.61. The van der Waals surface area contributed by atoms with Gasteiger partial charge in [-0.2, -0.15) is 0 Å². The van der Waals surface area contributed by atoms with E-state index in [2.05, 4.69) is 5.18 Å². The fourth-order valence-electron chi connectivity index (χ4n) is 0.881. The maximum absolute atomic E-state index is 10.7. The van der Waals surface area contributed by atoms with Gasteiger partial charge >= 0.3 is 5.91 Å². The predicted octanol–water partition coefficient (Wildman–Crippen LogP) is 0.685. The third kappa shape index (κ3) is 2.09. The predicted molar refractivity (Wildman–Crippen MR) is 45.8 cm³/mol. The average molecular weight is 180 g/mol. The summed E-state index contributed by atoms with van der Waals surface area (Å²) in [4.78, 5) is 20.6. The molecule has 68 valence electrons. The summed E-state index contributed by atoms with van der Waals surface area (Å²) < 4.78 is 0. The first-order valence-electron chi connectivity index (χ1n) is 3.57. The highest BCUT2D eigenvalue weighted by atomic mass is 16.3. The zero-order chi connectivity index (χ0) is 9.84. The fourth-order valence-corrected chi connectivity index (χ4v) is 0.881. The van der Waals surface area contributed by atoms with Gasteiger partial charge in [-0.3, -0.25) is 4.79 Å². The van der Waals surface area contributed by atoms with Gasteiger partial charge in [-0.15, -0.1) is 4.91 Å². The van der Waals surface area contributed by atoms with Crippen molar-refractivity contribution in [2.75, 3.05) is 0 Å². The number of amides is 1. The van der Waals surface area contributed by atoms with Gasteiger partial charge in [0.1, 0.15) is 11.8 Å². The highest BCUT2D eigenvalue weighted by Gasteiger charge is 2.15. The molecule has 1 aromatic rings. The zero-order valence-electron chi connectivity index (χ0n) is 6.68. The van der Waals surface area contributed by atoms with Gasteiger partial charge in [0.2, 0.25) is 0 Å². The zero-order valence-corrected chi connectivity index (χ0v) is 6.68. The van der Waals surface area contributed by atoms with Crippen LogP contribution in [0.1, 0.15) is 11.6 Å². The number of carbonyl (C=O) groups excluding carboxylic acids is 1. The second kappa shape index (κ2) is 3.77. The smallest absolute Gasteiger partial charge is 0.307 e. The number of benzene rings is 1. The Morgan fingerprint density at radius 1 is 1.38 bits per heavy atom. The van der Waals surface area contributed by atoms with E-state index in [4.69, 9.17) is 10.8 Å². The Labute approximate surface area is 74.2 Å².